The molecule has 3 nitrogen and oxygen atoms in total. The number of amides is 1. The van der Waals surface area contributed by atoms with Gasteiger partial charge in [0.1, 0.15) is 5.75 Å². The molecule has 0 aliphatic heterocycles. The molecule has 1 aliphatic carbocycles. The van der Waals surface area contributed by atoms with Crippen molar-refractivity contribution in [2.75, 3.05) is 0 Å². The minimum Gasteiger partial charge on any atom is -0.508 e. The summed E-state index contributed by atoms with van der Waals surface area (Å²) in [5, 5.41) is 12.3. The standard InChI is InChI=1S/C16H15NO2/c18-14-8-6-12(7-9-14)15(19)17-16(10-11-16)13-4-2-1-3-5-13/h1-9,18H,10-11H2,(H,17,19). The van der Waals surface area contributed by atoms with Gasteiger partial charge in [-0.2, -0.15) is 0 Å². The average molecular weight is 253 g/mol. The smallest absolute Gasteiger partial charge is 0.251 e. The quantitative estimate of drug-likeness (QED) is 0.883. The highest BCUT2D eigenvalue weighted by molar-refractivity contribution is 5.95. The number of carbonyl (C=O) groups is 1. The van der Waals surface area contributed by atoms with Gasteiger partial charge in [-0.1, -0.05) is 30.3 Å². The van der Waals surface area contributed by atoms with Crippen molar-refractivity contribution in [3.8, 4) is 5.75 Å². The van der Waals surface area contributed by atoms with Crippen molar-refractivity contribution >= 4 is 5.91 Å². The van der Waals surface area contributed by atoms with Crippen LogP contribution in [0.2, 0.25) is 0 Å². The minimum atomic E-state index is -0.198. The Kier molecular flexibility index (Phi) is 2.75. The van der Waals surface area contributed by atoms with Gasteiger partial charge < -0.3 is 10.4 Å². The number of nitrogens with one attached hydrogen (secondary N) is 1. The second kappa shape index (κ2) is 4.43. The predicted molar refractivity (Wildman–Crippen MR) is 72.9 cm³/mol. The van der Waals surface area contributed by atoms with Crippen molar-refractivity contribution < 1.29 is 9.90 Å². The molecule has 96 valence electrons. The van der Waals surface area contributed by atoms with Gasteiger partial charge in [0.05, 0.1) is 5.54 Å². The highest BCUT2D eigenvalue weighted by Gasteiger charge is 2.45. The summed E-state index contributed by atoms with van der Waals surface area (Å²) in [5.41, 5.74) is 1.53. The fraction of sp³-hybridized carbons (Fsp3) is 0.188. The van der Waals surface area contributed by atoms with Crippen molar-refractivity contribution in [2.24, 2.45) is 0 Å². The lowest BCUT2D eigenvalue weighted by atomic mass is 10.0. The number of benzene rings is 2. The second-order valence-electron chi connectivity index (χ2n) is 4.95. The maximum atomic E-state index is 12.2. The molecule has 0 unspecified atom stereocenters. The van der Waals surface area contributed by atoms with Crippen LogP contribution in [0.25, 0.3) is 0 Å². The lowest BCUT2D eigenvalue weighted by Crippen LogP contribution is -2.34. The third-order valence-electron chi connectivity index (χ3n) is 3.56. The summed E-state index contributed by atoms with van der Waals surface area (Å²) in [5.74, 6) is 0.0714. The molecule has 0 spiro atoms. The van der Waals surface area contributed by atoms with Gasteiger partial charge >= 0.3 is 0 Å². The van der Waals surface area contributed by atoms with Crippen LogP contribution >= 0.6 is 0 Å². The van der Waals surface area contributed by atoms with E-state index in [0.717, 1.165) is 18.4 Å². The molecule has 0 radical (unpaired) electrons. The third kappa shape index (κ3) is 2.32. The van der Waals surface area contributed by atoms with E-state index in [0.29, 0.717) is 5.56 Å². The average Bonchev–Trinajstić information content (AvgIpc) is 3.21. The topological polar surface area (TPSA) is 49.3 Å². The van der Waals surface area contributed by atoms with E-state index in [1.54, 1.807) is 12.1 Å². The van der Waals surface area contributed by atoms with Gasteiger partial charge in [0, 0.05) is 5.56 Å². The molecule has 0 aromatic heterocycles. The zero-order chi connectivity index (χ0) is 13.3. The number of aromatic hydroxyl groups is 1. The van der Waals surface area contributed by atoms with E-state index in [1.807, 2.05) is 30.3 Å². The third-order valence-corrected chi connectivity index (χ3v) is 3.56. The summed E-state index contributed by atoms with van der Waals surface area (Å²) in [4.78, 5) is 12.2. The number of hydrogen-bond acceptors (Lipinski definition) is 2. The summed E-state index contributed by atoms with van der Waals surface area (Å²) in [7, 11) is 0. The monoisotopic (exact) mass is 253 g/mol. The Morgan fingerprint density at radius 1 is 1.00 bits per heavy atom. The molecule has 3 rings (SSSR count). The van der Waals surface area contributed by atoms with Crippen LogP contribution in [0.1, 0.15) is 28.8 Å². The van der Waals surface area contributed by atoms with Crippen molar-refractivity contribution in [1.82, 2.24) is 5.32 Å². The van der Waals surface area contributed by atoms with Crippen molar-refractivity contribution in [2.45, 2.75) is 18.4 Å². The zero-order valence-corrected chi connectivity index (χ0v) is 10.5. The Morgan fingerprint density at radius 2 is 1.63 bits per heavy atom. The largest absolute Gasteiger partial charge is 0.508 e. The first-order valence-electron chi connectivity index (χ1n) is 6.37. The van der Waals surface area contributed by atoms with Crippen LogP contribution in [-0.2, 0) is 5.54 Å². The Morgan fingerprint density at radius 3 is 2.21 bits per heavy atom. The molecule has 2 aromatic carbocycles. The maximum absolute atomic E-state index is 12.2. The Hall–Kier alpha value is -2.29. The molecule has 0 heterocycles. The van der Waals surface area contributed by atoms with Crippen LogP contribution in [0.4, 0.5) is 0 Å². The number of rotatable bonds is 3. The summed E-state index contributed by atoms with van der Waals surface area (Å²) in [6, 6.07) is 16.4. The molecular weight excluding hydrogens is 238 g/mol. The molecule has 19 heavy (non-hydrogen) atoms. The van der Waals surface area contributed by atoms with Crippen molar-refractivity contribution in [3.63, 3.8) is 0 Å². The summed E-state index contributed by atoms with van der Waals surface area (Å²) < 4.78 is 0. The maximum Gasteiger partial charge on any atom is 0.251 e. The normalized spacial score (nSPS) is 15.8. The molecule has 2 aromatic rings. The van der Waals surface area contributed by atoms with E-state index in [1.165, 1.54) is 12.1 Å². The van der Waals surface area contributed by atoms with Crippen molar-refractivity contribution in [1.29, 1.82) is 0 Å². The molecule has 3 heteroatoms. The van der Waals surface area contributed by atoms with Gasteiger partial charge in [-0.15, -0.1) is 0 Å². The van der Waals surface area contributed by atoms with E-state index in [2.05, 4.69) is 5.32 Å². The van der Waals surface area contributed by atoms with Crippen LogP contribution < -0.4 is 5.32 Å². The minimum absolute atomic E-state index is 0.0960. The number of hydrogen-bond donors (Lipinski definition) is 2. The lowest BCUT2D eigenvalue weighted by Gasteiger charge is -2.18. The first kappa shape index (κ1) is 11.8. The van der Waals surface area contributed by atoms with Crippen molar-refractivity contribution in [3.05, 3.63) is 65.7 Å². The van der Waals surface area contributed by atoms with Gasteiger partial charge in [-0.05, 0) is 42.7 Å². The van der Waals surface area contributed by atoms with Gasteiger partial charge in [-0.3, -0.25) is 4.79 Å². The van der Waals surface area contributed by atoms with Gasteiger partial charge in [0.25, 0.3) is 5.91 Å². The Labute approximate surface area is 111 Å². The lowest BCUT2D eigenvalue weighted by molar-refractivity contribution is 0.0931. The molecule has 1 fully saturated rings. The van der Waals surface area contributed by atoms with Crippen LogP contribution in [0.5, 0.6) is 5.75 Å². The Balaban J connectivity index is 1.78. The van der Waals surface area contributed by atoms with Crippen LogP contribution in [0.15, 0.2) is 54.6 Å². The SMILES string of the molecule is O=C(NC1(c2ccccc2)CC1)c1ccc(O)cc1. The molecule has 0 saturated heterocycles. The number of phenols is 1. The molecule has 1 amide bonds. The van der Waals surface area contributed by atoms with E-state index < -0.39 is 0 Å². The fourth-order valence-corrected chi connectivity index (χ4v) is 2.27. The van der Waals surface area contributed by atoms with Crippen LogP contribution in [0.3, 0.4) is 0 Å². The van der Waals surface area contributed by atoms with Crippen LogP contribution in [-0.4, -0.2) is 11.0 Å². The molecule has 0 bridgehead atoms. The zero-order valence-electron chi connectivity index (χ0n) is 10.5. The molecule has 1 saturated carbocycles. The van der Waals surface area contributed by atoms with E-state index in [-0.39, 0.29) is 17.2 Å². The van der Waals surface area contributed by atoms with Gasteiger partial charge in [-0.25, -0.2) is 0 Å². The van der Waals surface area contributed by atoms with E-state index in [4.69, 9.17) is 0 Å². The summed E-state index contributed by atoms with van der Waals surface area (Å²) >= 11 is 0. The van der Waals surface area contributed by atoms with E-state index in [9.17, 15) is 9.90 Å². The summed E-state index contributed by atoms with van der Waals surface area (Å²) in [6.45, 7) is 0. The summed E-state index contributed by atoms with van der Waals surface area (Å²) in [6.07, 6.45) is 1.95. The Bertz CT molecular complexity index is 586. The fourth-order valence-electron chi connectivity index (χ4n) is 2.27. The van der Waals surface area contributed by atoms with E-state index >= 15 is 0 Å². The predicted octanol–water partition coefficient (Wildman–Crippen LogP) is 2.81. The molecular formula is C16H15NO2. The number of carbonyl (C=O) groups excluding carboxylic acids is 1. The first-order valence-corrected chi connectivity index (χ1v) is 6.37. The second-order valence-corrected chi connectivity index (χ2v) is 4.95. The first-order chi connectivity index (χ1) is 9.20. The van der Waals surface area contributed by atoms with Gasteiger partial charge in [0.15, 0.2) is 0 Å². The van der Waals surface area contributed by atoms with Gasteiger partial charge in [0.2, 0.25) is 0 Å². The molecule has 2 N–H and O–H groups in total. The van der Waals surface area contributed by atoms with Crippen LogP contribution in [0, 0.1) is 0 Å². The highest BCUT2D eigenvalue weighted by Crippen LogP contribution is 2.45. The molecule has 0 atom stereocenters. The molecule has 1 aliphatic rings. The highest BCUT2D eigenvalue weighted by atomic mass is 16.3. The number of phenolic OH excluding ortho intramolecular Hbond substituents is 1.